The fraction of sp³-hybridized carbons (Fsp3) is 0.240. The molecule has 0 radical (unpaired) electrons. The largest absolute Gasteiger partial charge is 0.484 e. The van der Waals surface area contributed by atoms with Gasteiger partial charge in [-0.15, -0.1) is 0 Å². The highest BCUT2D eigenvalue weighted by Gasteiger charge is 2.32. The topological polar surface area (TPSA) is 63.7 Å². The molecule has 0 saturated carbocycles. The van der Waals surface area contributed by atoms with Crippen molar-refractivity contribution in [2.24, 2.45) is 0 Å². The molecule has 1 amide bonds. The zero-order valence-corrected chi connectivity index (χ0v) is 19.3. The number of benzene rings is 3. The van der Waals surface area contributed by atoms with Crippen LogP contribution >= 0.6 is 0 Å². The molecule has 3 aromatic carbocycles. The maximum Gasteiger partial charge on any atom is 0.278 e. The van der Waals surface area contributed by atoms with Crippen molar-refractivity contribution in [2.75, 3.05) is 10.9 Å². The molecule has 6 heteroatoms. The zero-order chi connectivity index (χ0) is 22.8. The lowest BCUT2D eigenvalue weighted by atomic mass is 10.1. The number of ether oxygens (including phenoxy) is 1. The Morgan fingerprint density at radius 3 is 2.16 bits per heavy atom. The lowest BCUT2D eigenvalue weighted by molar-refractivity contribution is -0.119. The number of anilines is 1. The summed E-state index contributed by atoms with van der Waals surface area (Å²) in [5.41, 5.74) is 5.01. The molecule has 3 rings (SSSR count). The van der Waals surface area contributed by atoms with Crippen molar-refractivity contribution in [3.05, 3.63) is 88.5 Å². The molecule has 0 aliphatic heterocycles. The standard InChI is InChI=1S/C25H27NO4S/c1-17-9-13-23(14-10-17)31(28,29)26(24-8-6-7-19(3)21(24)5)25(27)16-30-22-12-11-18(2)20(4)15-22/h6-15H,16H2,1-5H3. The Balaban J connectivity index is 2.01. The summed E-state index contributed by atoms with van der Waals surface area (Å²) >= 11 is 0. The SMILES string of the molecule is Cc1ccc(S(=O)(=O)N(C(=O)COc2ccc(C)c(C)c2)c2cccc(C)c2C)cc1. The summed E-state index contributed by atoms with van der Waals surface area (Å²) in [6, 6.07) is 17.2. The van der Waals surface area contributed by atoms with Crippen LogP contribution in [0, 0.1) is 34.6 Å². The second-order valence-corrected chi connectivity index (χ2v) is 9.52. The molecule has 0 heterocycles. The van der Waals surface area contributed by atoms with Gasteiger partial charge < -0.3 is 4.74 Å². The second-order valence-electron chi connectivity index (χ2n) is 7.73. The minimum absolute atomic E-state index is 0.0542. The van der Waals surface area contributed by atoms with Gasteiger partial charge in [0.25, 0.3) is 15.9 Å². The number of amides is 1. The van der Waals surface area contributed by atoms with Gasteiger partial charge in [0.1, 0.15) is 5.75 Å². The van der Waals surface area contributed by atoms with E-state index in [2.05, 4.69) is 0 Å². The van der Waals surface area contributed by atoms with Gasteiger partial charge in [0.2, 0.25) is 0 Å². The highest BCUT2D eigenvalue weighted by molar-refractivity contribution is 7.93. The van der Waals surface area contributed by atoms with Crippen molar-refractivity contribution in [2.45, 2.75) is 39.5 Å². The van der Waals surface area contributed by atoms with Gasteiger partial charge in [0, 0.05) is 0 Å². The van der Waals surface area contributed by atoms with E-state index in [1.54, 1.807) is 37.3 Å². The van der Waals surface area contributed by atoms with E-state index in [1.807, 2.05) is 45.9 Å². The van der Waals surface area contributed by atoms with Crippen molar-refractivity contribution >= 4 is 21.6 Å². The Morgan fingerprint density at radius 1 is 0.839 bits per heavy atom. The van der Waals surface area contributed by atoms with Crippen LogP contribution in [0.1, 0.15) is 27.8 Å². The van der Waals surface area contributed by atoms with E-state index in [1.165, 1.54) is 12.1 Å². The van der Waals surface area contributed by atoms with Gasteiger partial charge in [-0.25, -0.2) is 8.42 Å². The third-order valence-corrected chi connectivity index (χ3v) is 7.17. The van der Waals surface area contributed by atoms with Gasteiger partial charge in [0.05, 0.1) is 10.6 Å². The van der Waals surface area contributed by atoms with Crippen molar-refractivity contribution in [1.29, 1.82) is 0 Å². The first-order valence-corrected chi connectivity index (χ1v) is 11.5. The average Bonchev–Trinajstić information content (AvgIpc) is 2.72. The minimum Gasteiger partial charge on any atom is -0.484 e. The van der Waals surface area contributed by atoms with E-state index in [4.69, 9.17) is 4.74 Å². The number of aryl methyl sites for hydroxylation is 4. The highest BCUT2D eigenvalue weighted by atomic mass is 32.2. The molecule has 0 N–H and O–H groups in total. The molecule has 5 nitrogen and oxygen atoms in total. The van der Waals surface area contributed by atoms with Gasteiger partial charge in [-0.05, 0) is 87.2 Å². The Labute approximate surface area is 184 Å². The quantitative estimate of drug-likeness (QED) is 0.543. The summed E-state index contributed by atoms with van der Waals surface area (Å²) < 4.78 is 33.6. The summed E-state index contributed by atoms with van der Waals surface area (Å²) in [6.07, 6.45) is 0. The number of rotatable bonds is 6. The first kappa shape index (κ1) is 22.6. The molecule has 0 aromatic heterocycles. The van der Waals surface area contributed by atoms with Gasteiger partial charge in [0.15, 0.2) is 6.61 Å². The number of hydrogen-bond acceptors (Lipinski definition) is 4. The molecule has 0 atom stereocenters. The number of hydrogen-bond donors (Lipinski definition) is 0. The Hall–Kier alpha value is -3.12. The average molecular weight is 438 g/mol. The van der Waals surface area contributed by atoms with Crippen LogP contribution < -0.4 is 9.04 Å². The molecular formula is C25H27NO4S. The Bertz CT molecular complexity index is 1210. The highest BCUT2D eigenvalue weighted by Crippen LogP contribution is 2.29. The molecule has 0 aliphatic rings. The third kappa shape index (κ3) is 4.80. The van der Waals surface area contributed by atoms with E-state index in [9.17, 15) is 13.2 Å². The molecule has 0 fully saturated rings. The Morgan fingerprint density at radius 2 is 1.52 bits per heavy atom. The van der Waals surface area contributed by atoms with Crippen LogP contribution in [0.25, 0.3) is 0 Å². The van der Waals surface area contributed by atoms with Crippen LogP contribution in [-0.2, 0) is 14.8 Å². The second kappa shape index (κ2) is 8.94. The van der Waals surface area contributed by atoms with Crippen molar-refractivity contribution in [1.82, 2.24) is 0 Å². The molecule has 0 spiro atoms. The lowest BCUT2D eigenvalue weighted by Gasteiger charge is -2.25. The molecule has 31 heavy (non-hydrogen) atoms. The maximum atomic E-state index is 13.5. The van der Waals surface area contributed by atoms with E-state index in [0.717, 1.165) is 32.1 Å². The predicted octanol–water partition coefficient (Wildman–Crippen LogP) is 5.03. The van der Waals surface area contributed by atoms with Crippen molar-refractivity contribution in [3.8, 4) is 5.75 Å². The summed E-state index contributed by atoms with van der Waals surface area (Å²) in [4.78, 5) is 13.3. The van der Waals surface area contributed by atoms with Crippen LogP contribution in [-0.4, -0.2) is 20.9 Å². The molecule has 3 aromatic rings. The van der Waals surface area contributed by atoms with E-state index >= 15 is 0 Å². The fourth-order valence-electron chi connectivity index (χ4n) is 3.18. The Kier molecular flexibility index (Phi) is 6.51. The van der Waals surface area contributed by atoms with Crippen LogP contribution in [0.3, 0.4) is 0 Å². The van der Waals surface area contributed by atoms with Crippen LogP contribution in [0.4, 0.5) is 5.69 Å². The fourth-order valence-corrected chi connectivity index (χ4v) is 4.64. The molecule has 0 aliphatic carbocycles. The zero-order valence-electron chi connectivity index (χ0n) is 18.5. The monoisotopic (exact) mass is 437 g/mol. The summed E-state index contributed by atoms with van der Waals surface area (Å²) in [5, 5.41) is 0. The van der Waals surface area contributed by atoms with Crippen LogP contribution in [0.2, 0.25) is 0 Å². The maximum absolute atomic E-state index is 13.5. The molecular weight excluding hydrogens is 410 g/mol. The first-order chi connectivity index (χ1) is 14.6. The summed E-state index contributed by atoms with van der Waals surface area (Å²) in [7, 11) is -4.12. The smallest absolute Gasteiger partial charge is 0.278 e. The van der Waals surface area contributed by atoms with Crippen molar-refractivity contribution < 1.29 is 17.9 Å². The predicted molar refractivity (Wildman–Crippen MR) is 123 cm³/mol. The van der Waals surface area contributed by atoms with Gasteiger partial charge in [-0.2, -0.15) is 4.31 Å². The van der Waals surface area contributed by atoms with Gasteiger partial charge >= 0.3 is 0 Å². The number of nitrogens with zero attached hydrogens (tertiary/aromatic N) is 1. The number of carbonyl (C=O) groups excluding carboxylic acids is 1. The minimum atomic E-state index is -4.12. The number of sulfonamides is 1. The lowest BCUT2D eigenvalue weighted by Crippen LogP contribution is -2.40. The third-order valence-electron chi connectivity index (χ3n) is 5.42. The molecule has 0 unspecified atom stereocenters. The van der Waals surface area contributed by atoms with Crippen LogP contribution in [0.5, 0.6) is 5.75 Å². The van der Waals surface area contributed by atoms with Crippen LogP contribution in [0.15, 0.2) is 65.6 Å². The summed E-state index contributed by atoms with van der Waals surface area (Å²) in [6.45, 7) is 9.10. The van der Waals surface area contributed by atoms with Crippen molar-refractivity contribution in [3.63, 3.8) is 0 Å². The summed E-state index contributed by atoms with van der Waals surface area (Å²) in [5.74, 6) is -0.141. The molecule has 0 bridgehead atoms. The van der Waals surface area contributed by atoms with Gasteiger partial charge in [-0.3, -0.25) is 4.79 Å². The van der Waals surface area contributed by atoms with Gasteiger partial charge in [-0.1, -0.05) is 35.9 Å². The van der Waals surface area contributed by atoms with E-state index in [-0.39, 0.29) is 4.90 Å². The first-order valence-electron chi connectivity index (χ1n) is 10.0. The number of carbonyl (C=O) groups is 1. The molecule has 0 saturated heterocycles. The van der Waals surface area contributed by atoms with E-state index in [0.29, 0.717) is 11.4 Å². The molecule has 162 valence electrons. The van der Waals surface area contributed by atoms with E-state index < -0.39 is 22.5 Å². The normalized spacial score (nSPS) is 11.3.